The first-order chi connectivity index (χ1) is 4.35. The average Bonchev–Trinajstić information content (AvgIpc) is 1.91. The van der Waals surface area contributed by atoms with Crippen LogP contribution in [0.25, 0.3) is 0 Å². The lowest BCUT2D eigenvalue weighted by molar-refractivity contribution is 0.351. The Morgan fingerprint density at radius 3 is 2.33 bits per heavy atom. The molecule has 0 aromatic heterocycles. The van der Waals surface area contributed by atoms with Gasteiger partial charge in [-0.05, 0) is 13.1 Å². The van der Waals surface area contributed by atoms with Crippen molar-refractivity contribution in [3.8, 4) is 0 Å². The predicted octanol–water partition coefficient (Wildman–Crippen LogP) is 0.343. The Morgan fingerprint density at radius 2 is 2.00 bits per heavy atom. The Balaban J connectivity index is 3.42. The van der Waals surface area contributed by atoms with Crippen LogP contribution in [0.15, 0.2) is 0 Å². The van der Waals surface area contributed by atoms with E-state index in [1.54, 1.807) is 5.37 Å². The van der Waals surface area contributed by atoms with Gasteiger partial charge in [0, 0.05) is 11.9 Å². The standard InChI is InChI=1S/C6H13NOS/c1-3-7(4-2)5-6-9-8/h6H,3-5H2,1-2H3. The fourth-order valence-electron chi connectivity index (χ4n) is 0.618. The Labute approximate surface area is 59.9 Å². The lowest BCUT2D eigenvalue weighted by Crippen LogP contribution is -2.24. The monoisotopic (exact) mass is 147 g/mol. The van der Waals surface area contributed by atoms with Crippen molar-refractivity contribution < 1.29 is 4.21 Å². The number of nitrogens with zero attached hydrogens (tertiary/aromatic N) is 1. The van der Waals surface area contributed by atoms with Gasteiger partial charge in [-0.15, -0.1) is 0 Å². The average molecular weight is 147 g/mol. The second-order valence-electron chi connectivity index (χ2n) is 1.75. The van der Waals surface area contributed by atoms with Crippen LogP contribution in [0.2, 0.25) is 0 Å². The Kier molecular flexibility index (Phi) is 5.88. The maximum absolute atomic E-state index is 9.90. The third-order valence-corrected chi connectivity index (χ3v) is 1.58. The fourth-order valence-corrected chi connectivity index (χ4v) is 0.889. The summed E-state index contributed by atoms with van der Waals surface area (Å²) in [5, 5.41) is 1.67. The van der Waals surface area contributed by atoms with Crippen molar-refractivity contribution in [2.45, 2.75) is 13.8 Å². The van der Waals surface area contributed by atoms with Crippen LogP contribution < -0.4 is 0 Å². The van der Waals surface area contributed by atoms with E-state index >= 15 is 0 Å². The first-order valence-corrected chi connectivity index (χ1v) is 3.98. The number of hydrogen-bond donors (Lipinski definition) is 0. The normalized spacial score (nSPS) is 9.67. The molecular formula is C6H13NOS. The molecule has 0 rings (SSSR count). The van der Waals surface area contributed by atoms with Crippen LogP contribution in [0.4, 0.5) is 0 Å². The van der Waals surface area contributed by atoms with Gasteiger partial charge in [0.05, 0.1) is 11.3 Å². The van der Waals surface area contributed by atoms with Gasteiger partial charge in [0.15, 0.2) is 0 Å². The molecule has 0 atom stereocenters. The zero-order valence-electron chi connectivity index (χ0n) is 5.96. The highest BCUT2D eigenvalue weighted by Crippen LogP contribution is 1.81. The van der Waals surface area contributed by atoms with Gasteiger partial charge in [-0.25, -0.2) is 4.21 Å². The molecule has 0 radical (unpaired) electrons. The zero-order chi connectivity index (χ0) is 7.11. The minimum atomic E-state index is 0.544. The largest absolute Gasteiger partial charge is 0.299 e. The molecule has 0 aliphatic carbocycles. The lowest BCUT2D eigenvalue weighted by atomic mass is 10.5. The second kappa shape index (κ2) is 5.98. The van der Waals surface area contributed by atoms with Crippen molar-refractivity contribution in [2.75, 3.05) is 19.6 Å². The van der Waals surface area contributed by atoms with Gasteiger partial charge < -0.3 is 0 Å². The maximum Gasteiger partial charge on any atom is 0.0854 e. The molecule has 0 unspecified atom stereocenters. The number of rotatable bonds is 4. The van der Waals surface area contributed by atoms with E-state index < -0.39 is 0 Å². The molecule has 0 amide bonds. The van der Waals surface area contributed by atoms with E-state index in [1.807, 2.05) is 0 Å². The molecule has 0 heterocycles. The van der Waals surface area contributed by atoms with Crippen molar-refractivity contribution in [2.24, 2.45) is 0 Å². The third-order valence-electron chi connectivity index (χ3n) is 1.30. The Hall–Kier alpha value is -0.150. The molecule has 0 aliphatic heterocycles. The summed E-state index contributed by atoms with van der Waals surface area (Å²) < 4.78 is 9.90. The highest BCUT2D eigenvalue weighted by molar-refractivity contribution is 7.64. The molecule has 2 nitrogen and oxygen atoms in total. The van der Waals surface area contributed by atoms with E-state index in [0.717, 1.165) is 19.6 Å². The molecule has 54 valence electrons. The van der Waals surface area contributed by atoms with Crippen LogP contribution in [0.1, 0.15) is 13.8 Å². The minimum Gasteiger partial charge on any atom is -0.299 e. The van der Waals surface area contributed by atoms with E-state index in [-0.39, 0.29) is 0 Å². The summed E-state index contributed by atoms with van der Waals surface area (Å²) in [5.41, 5.74) is 0. The summed E-state index contributed by atoms with van der Waals surface area (Å²) >= 11 is 0.544. The van der Waals surface area contributed by atoms with Crippen LogP contribution in [-0.4, -0.2) is 34.1 Å². The zero-order valence-corrected chi connectivity index (χ0v) is 6.78. The molecule has 0 saturated carbocycles. The fraction of sp³-hybridized carbons (Fsp3) is 0.833. The van der Waals surface area contributed by atoms with E-state index in [9.17, 15) is 4.21 Å². The van der Waals surface area contributed by atoms with Crippen molar-refractivity contribution in [3.05, 3.63) is 0 Å². The summed E-state index contributed by atoms with van der Waals surface area (Å²) in [6, 6.07) is 0. The van der Waals surface area contributed by atoms with Crippen molar-refractivity contribution in [3.63, 3.8) is 0 Å². The van der Waals surface area contributed by atoms with Crippen LogP contribution in [0.3, 0.4) is 0 Å². The van der Waals surface area contributed by atoms with E-state index in [0.29, 0.717) is 11.3 Å². The van der Waals surface area contributed by atoms with Gasteiger partial charge in [0.25, 0.3) is 0 Å². The highest BCUT2D eigenvalue weighted by Gasteiger charge is 1.92. The molecule has 0 fully saturated rings. The summed E-state index contributed by atoms with van der Waals surface area (Å²) in [6.45, 7) is 7.03. The first kappa shape index (κ1) is 8.85. The van der Waals surface area contributed by atoms with Gasteiger partial charge in [-0.2, -0.15) is 0 Å². The van der Waals surface area contributed by atoms with E-state index in [1.165, 1.54) is 0 Å². The molecule has 3 heteroatoms. The molecular weight excluding hydrogens is 134 g/mol. The van der Waals surface area contributed by atoms with Crippen molar-refractivity contribution in [1.82, 2.24) is 4.90 Å². The summed E-state index contributed by atoms with van der Waals surface area (Å²) in [5.74, 6) is 0. The van der Waals surface area contributed by atoms with E-state index in [4.69, 9.17) is 0 Å². The lowest BCUT2D eigenvalue weighted by Gasteiger charge is -2.13. The summed E-state index contributed by atoms with van der Waals surface area (Å²) in [4.78, 5) is 2.19. The summed E-state index contributed by atoms with van der Waals surface area (Å²) in [6.07, 6.45) is 0. The SMILES string of the molecule is CCN(CC)CC=S=O. The van der Waals surface area contributed by atoms with Crippen molar-refractivity contribution >= 4 is 16.6 Å². The van der Waals surface area contributed by atoms with Crippen molar-refractivity contribution in [1.29, 1.82) is 0 Å². The molecule has 0 aliphatic rings. The number of hydrogen-bond acceptors (Lipinski definition) is 2. The third kappa shape index (κ3) is 4.36. The van der Waals surface area contributed by atoms with E-state index in [2.05, 4.69) is 18.7 Å². The highest BCUT2D eigenvalue weighted by atomic mass is 32.1. The molecule has 0 aromatic rings. The van der Waals surface area contributed by atoms with Gasteiger partial charge >= 0.3 is 0 Å². The molecule has 0 saturated heterocycles. The van der Waals surface area contributed by atoms with Gasteiger partial charge in [-0.3, -0.25) is 4.90 Å². The molecule has 0 aromatic carbocycles. The smallest absolute Gasteiger partial charge is 0.0854 e. The molecule has 0 N–H and O–H groups in total. The maximum atomic E-state index is 9.90. The molecule has 0 spiro atoms. The Morgan fingerprint density at radius 1 is 1.44 bits per heavy atom. The Bertz CT molecular complexity index is 106. The molecule has 0 bridgehead atoms. The first-order valence-electron chi connectivity index (χ1n) is 3.17. The predicted molar refractivity (Wildman–Crippen MR) is 42.0 cm³/mol. The second-order valence-corrected chi connectivity index (χ2v) is 2.27. The van der Waals surface area contributed by atoms with Gasteiger partial charge in [-0.1, -0.05) is 13.8 Å². The van der Waals surface area contributed by atoms with Crippen LogP contribution in [0, 0.1) is 0 Å². The van der Waals surface area contributed by atoms with Crippen LogP contribution in [0.5, 0.6) is 0 Å². The quantitative estimate of drug-likeness (QED) is 0.535. The van der Waals surface area contributed by atoms with Gasteiger partial charge in [0.1, 0.15) is 0 Å². The van der Waals surface area contributed by atoms with Crippen LogP contribution >= 0.6 is 0 Å². The summed E-state index contributed by atoms with van der Waals surface area (Å²) in [7, 11) is 0. The van der Waals surface area contributed by atoms with Gasteiger partial charge in [0.2, 0.25) is 0 Å². The minimum absolute atomic E-state index is 0.544. The topological polar surface area (TPSA) is 20.3 Å². The molecule has 9 heavy (non-hydrogen) atoms. The van der Waals surface area contributed by atoms with Crippen LogP contribution in [-0.2, 0) is 11.3 Å².